The Hall–Kier alpha value is -1.90. The molecule has 0 unspecified atom stereocenters. The molecule has 1 heterocycles. The number of aryl methyl sites for hydroxylation is 1. The molecular formula is C16H11Cl2F3N2O2S. The van der Waals surface area contributed by atoms with Gasteiger partial charge in [0.1, 0.15) is 4.90 Å². The number of nitrogens with two attached hydrogens (primary N) is 1. The Morgan fingerprint density at radius 1 is 1.12 bits per heavy atom. The van der Waals surface area contributed by atoms with E-state index in [9.17, 15) is 21.6 Å². The van der Waals surface area contributed by atoms with Gasteiger partial charge in [0, 0.05) is 21.8 Å². The second-order valence-electron chi connectivity index (χ2n) is 5.64. The maximum atomic E-state index is 13.1. The second-order valence-corrected chi connectivity index (χ2v) is 8.37. The van der Waals surface area contributed by atoms with Gasteiger partial charge >= 0.3 is 6.18 Å². The van der Waals surface area contributed by atoms with Crippen molar-refractivity contribution in [1.82, 2.24) is 4.98 Å². The van der Waals surface area contributed by atoms with Crippen molar-refractivity contribution >= 4 is 49.6 Å². The molecule has 4 nitrogen and oxygen atoms in total. The fourth-order valence-corrected chi connectivity index (χ4v) is 4.94. The van der Waals surface area contributed by atoms with Gasteiger partial charge in [-0.25, -0.2) is 8.42 Å². The van der Waals surface area contributed by atoms with Crippen LogP contribution in [-0.4, -0.2) is 13.4 Å². The Bertz CT molecular complexity index is 1140. The van der Waals surface area contributed by atoms with E-state index in [1.807, 2.05) is 0 Å². The van der Waals surface area contributed by atoms with E-state index in [-0.39, 0.29) is 26.0 Å². The molecule has 138 valence electrons. The molecule has 0 saturated carbocycles. The summed E-state index contributed by atoms with van der Waals surface area (Å²) in [5, 5.41) is 0.599. The Kier molecular flexibility index (Phi) is 4.41. The molecular weight excluding hydrogens is 412 g/mol. The summed E-state index contributed by atoms with van der Waals surface area (Å²) in [6.07, 6.45) is -4.78. The molecule has 0 saturated heterocycles. The number of alkyl halides is 3. The molecule has 2 aromatic carbocycles. The highest BCUT2D eigenvalue weighted by molar-refractivity contribution is 7.91. The van der Waals surface area contributed by atoms with Crippen LogP contribution in [0.2, 0.25) is 10.0 Å². The van der Waals surface area contributed by atoms with E-state index in [0.29, 0.717) is 11.6 Å². The molecule has 0 amide bonds. The molecule has 0 fully saturated rings. The molecule has 3 rings (SSSR count). The van der Waals surface area contributed by atoms with Crippen molar-refractivity contribution < 1.29 is 21.6 Å². The van der Waals surface area contributed by atoms with Crippen LogP contribution >= 0.6 is 23.2 Å². The Morgan fingerprint density at radius 3 is 2.38 bits per heavy atom. The molecule has 26 heavy (non-hydrogen) atoms. The minimum absolute atomic E-state index is 0.185. The number of benzene rings is 2. The minimum atomic E-state index is -4.78. The number of aromatic nitrogens is 1. The highest BCUT2D eigenvalue weighted by Crippen LogP contribution is 2.39. The van der Waals surface area contributed by atoms with Crippen molar-refractivity contribution in [2.45, 2.75) is 22.9 Å². The first-order valence-electron chi connectivity index (χ1n) is 7.12. The molecule has 1 aromatic heterocycles. The largest absolute Gasteiger partial charge is 0.418 e. The highest BCUT2D eigenvalue weighted by atomic mass is 35.5. The van der Waals surface area contributed by atoms with Crippen molar-refractivity contribution in [3.8, 4) is 0 Å². The van der Waals surface area contributed by atoms with Crippen molar-refractivity contribution in [3.63, 3.8) is 0 Å². The van der Waals surface area contributed by atoms with E-state index in [2.05, 4.69) is 4.98 Å². The van der Waals surface area contributed by atoms with Gasteiger partial charge in [-0.15, -0.1) is 0 Å². The lowest BCUT2D eigenvalue weighted by molar-refractivity contribution is -0.137. The van der Waals surface area contributed by atoms with Gasteiger partial charge < -0.3 is 10.7 Å². The van der Waals surface area contributed by atoms with Crippen LogP contribution in [0.5, 0.6) is 0 Å². The molecule has 3 aromatic rings. The first-order valence-corrected chi connectivity index (χ1v) is 9.36. The van der Waals surface area contributed by atoms with Crippen LogP contribution in [0.1, 0.15) is 11.3 Å². The number of nitrogen functional groups attached to an aromatic ring is 1. The average Bonchev–Trinajstić information content (AvgIpc) is 2.83. The maximum absolute atomic E-state index is 13.1. The van der Waals surface area contributed by atoms with E-state index < -0.39 is 32.2 Å². The fraction of sp³-hybridized carbons (Fsp3) is 0.125. The standard InChI is InChI=1S/C16H11Cl2F3N2O2S/c1-7-15(10-4-8(17)5-12(18)14(10)23-7)26(24,25)9-2-3-13(22)11(6-9)16(19,20)21/h2-6,23H,22H2,1H3. The van der Waals surface area contributed by atoms with Gasteiger partial charge in [-0.2, -0.15) is 13.2 Å². The normalized spacial score (nSPS) is 12.7. The van der Waals surface area contributed by atoms with Crippen LogP contribution < -0.4 is 5.73 Å². The zero-order valence-corrected chi connectivity index (χ0v) is 15.4. The van der Waals surface area contributed by atoms with Gasteiger partial charge in [0.25, 0.3) is 0 Å². The lowest BCUT2D eigenvalue weighted by Gasteiger charge is -2.12. The molecule has 0 radical (unpaired) electrons. The Balaban J connectivity index is 2.31. The van der Waals surface area contributed by atoms with Gasteiger partial charge in [0.15, 0.2) is 0 Å². The number of halogens is 5. The van der Waals surface area contributed by atoms with Crippen molar-refractivity contribution in [3.05, 3.63) is 51.6 Å². The van der Waals surface area contributed by atoms with Crippen LogP contribution in [-0.2, 0) is 16.0 Å². The molecule has 0 aliphatic carbocycles. The summed E-state index contributed by atoms with van der Waals surface area (Å²) in [4.78, 5) is 2.12. The van der Waals surface area contributed by atoms with Gasteiger partial charge in [-0.3, -0.25) is 0 Å². The summed E-state index contributed by atoms with van der Waals surface area (Å²) in [6, 6.07) is 5.29. The number of sulfone groups is 1. The van der Waals surface area contributed by atoms with E-state index in [1.54, 1.807) is 0 Å². The molecule has 10 heteroatoms. The first-order chi connectivity index (χ1) is 11.9. The van der Waals surface area contributed by atoms with E-state index in [1.165, 1.54) is 19.1 Å². The van der Waals surface area contributed by atoms with E-state index in [4.69, 9.17) is 28.9 Å². The monoisotopic (exact) mass is 422 g/mol. The smallest absolute Gasteiger partial charge is 0.398 e. The lowest BCUT2D eigenvalue weighted by Crippen LogP contribution is -2.11. The SMILES string of the molecule is Cc1[nH]c2c(Cl)cc(Cl)cc2c1S(=O)(=O)c1ccc(N)c(C(F)(F)F)c1. The zero-order chi connectivity index (χ0) is 19.4. The second kappa shape index (κ2) is 6.07. The number of hydrogen-bond acceptors (Lipinski definition) is 3. The zero-order valence-electron chi connectivity index (χ0n) is 13.1. The summed E-state index contributed by atoms with van der Waals surface area (Å²) in [5.41, 5.74) is 4.13. The van der Waals surface area contributed by atoms with Crippen molar-refractivity contribution in [2.75, 3.05) is 5.73 Å². The summed E-state index contributed by atoms with van der Waals surface area (Å²) in [7, 11) is -4.29. The van der Waals surface area contributed by atoms with E-state index >= 15 is 0 Å². The van der Waals surface area contributed by atoms with Crippen LogP contribution in [0.25, 0.3) is 10.9 Å². The first kappa shape index (κ1) is 18.9. The highest BCUT2D eigenvalue weighted by Gasteiger charge is 2.35. The molecule has 0 bridgehead atoms. The summed E-state index contributed by atoms with van der Waals surface area (Å²) in [5.74, 6) is 0. The quantitative estimate of drug-likeness (QED) is 0.556. The van der Waals surface area contributed by atoms with E-state index in [0.717, 1.165) is 12.1 Å². The van der Waals surface area contributed by atoms with Crippen LogP contribution in [0.3, 0.4) is 0 Å². The maximum Gasteiger partial charge on any atom is 0.418 e. The van der Waals surface area contributed by atoms with Crippen LogP contribution in [0, 0.1) is 6.92 Å². The molecule has 3 N–H and O–H groups in total. The predicted octanol–water partition coefficient (Wildman–Crippen LogP) is 5.22. The summed E-state index contributed by atoms with van der Waals surface area (Å²) >= 11 is 12.0. The van der Waals surface area contributed by atoms with Crippen molar-refractivity contribution in [1.29, 1.82) is 0 Å². The summed E-state index contributed by atoms with van der Waals surface area (Å²) < 4.78 is 65.3. The lowest BCUT2D eigenvalue weighted by atomic mass is 10.2. The van der Waals surface area contributed by atoms with Crippen LogP contribution in [0.15, 0.2) is 40.1 Å². The number of fused-ring (bicyclic) bond motifs is 1. The summed E-state index contributed by atoms with van der Waals surface area (Å²) in [6.45, 7) is 1.49. The number of nitrogens with one attached hydrogen (secondary N) is 1. The fourth-order valence-electron chi connectivity index (χ4n) is 2.74. The average molecular weight is 423 g/mol. The topological polar surface area (TPSA) is 76.0 Å². The molecule has 0 aliphatic heterocycles. The Labute approximate surface area is 156 Å². The number of hydrogen-bond donors (Lipinski definition) is 2. The molecule has 0 atom stereocenters. The van der Waals surface area contributed by atoms with Crippen LogP contribution in [0.4, 0.5) is 18.9 Å². The number of rotatable bonds is 2. The van der Waals surface area contributed by atoms with Gasteiger partial charge in [-0.05, 0) is 37.3 Å². The van der Waals surface area contributed by atoms with Gasteiger partial charge in [0.05, 0.1) is 21.0 Å². The van der Waals surface area contributed by atoms with Gasteiger partial charge in [-0.1, -0.05) is 23.2 Å². The minimum Gasteiger partial charge on any atom is -0.398 e. The number of anilines is 1. The molecule has 0 aliphatic rings. The van der Waals surface area contributed by atoms with Crippen molar-refractivity contribution in [2.24, 2.45) is 0 Å². The third-order valence-electron chi connectivity index (χ3n) is 3.86. The van der Waals surface area contributed by atoms with Gasteiger partial charge in [0.2, 0.25) is 9.84 Å². The Morgan fingerprint density at radius 2 is 1.77 bits per heavy atom. The number of aromatic amines is 1. The molecule has 0 spiro atoms. The predicted molar refractivity (Wildman–Crippen MR) is 94.4 cm³/mol. The third-order valence-corrected chi connectivity index (χ3v) is 6.32. The third kappa shape index (κ3) is 3.02. The number of H-pyrrole nitrogens is 1.